The molecule has 2 nitrogen and oxygen atoms in total. The molecule has 3 N–H and O–H groups in total. The quantitative estimate of drug-likeness (QED) is 0.761. The zero-order valence-electron chi connectivity index (χ0n) is 10.5. The highest BCUT2D eigenvalue weighted by Gasteiger charge is 2.09. The molecule has 0 bridgehead atoms. The predicted molar refractivity (Wildman–Crippen MR) is 76.3 cm³/mol. The van der Waals surface area contributed by atoms with Crippen LogP contribution in [-0.2, 0) is 12.8 Å². The predicted octanol–water partition coefficient (Wildman–Crippen LogP) is 2.35. The average Bonchev–Trinajstić information content (AvgIpc) is 2.41. The van der Waals surface area contributed by atoms with Gasteiger partial charge in [-0.05, 0) is 24.0 Å². The first-order chi connectivity index (χ1) is 8.88. The van der Waals surface area contributed by atoms with Crippen molar-refractivity contribution in [2.45, 2.75) is 18.9 Å². The van der Waals surface area contributed by atoms with E-state index in [0.717, 1.165) is 12.8 Å². The summed E-state index contributed by atoms with van der Waals surface area (Å²) in [6.45, 7) is 0.518. The highest BCUT2D eigenvalue weighted by molar-refractivity contribution is 5.19. The number of hydrogen-bond donors (Lipinski definition) is 2. The minimum absolute atomic E-state index is 0.389. The average molecular weight is 240 g/mol. The molecule has 0 atom stereocenters. The van der Waals surface area contributed by atoms with Crippen LogP contribution in [0.3, 0.4) is 0 Å². The van der Waals surface area contributed by atoms with Crippen LogP contribution in [0.5, 0.6) is 0 Å². The molecule has 2 aromatic carbocycles. The summed E-state index contributed by atoms with van der Waals surface area (Å²) in [7, 11) is 0. The van der Waals surface area contributed by atoms with E-state index in [1.807, 2.05) is 12.1 Å². The van der Waals surface area contributed by atoms with Crippen LogP contribution >= 0.6 is 0 Å². The van der Waals surface area contributed by atoms with Crippen LogP contribution in [0.15, 0.2) is 60.7 Å². The standard InChI is InChI=1S/C16H20N2/c17-13-18-16(11-14-7-3-1-4-8-14)12-15-9-5-2-6-10-15/h1-10,16,18H,11-13,17H2. The van der Waals surface area contributed by atoms with Gasteiger partial charge >= 0.3 is 0 Å². The van der Waals surface area contributed by atoms with Gasteiger partial charge in [0.25, 0.3) is 0 Å². The van der Waals surface area contributed by atoms with E-state index >= 15 is 0 Å². The summed E-state index contributed by atoms with van der Waals surface area (Å²) >= 11 is 0. The van der Waals surface area contributed by atoms with Crippen molar-refractivity contribution in [3.05, 3.63) is 71.8 Å². The summed E-state index contributed by atoms with van der Waals surface area (Å²) in [4.78, 5) is 0. The fourth-order valence-electron chi connectivity index (χ4n) is 2.18. The van der Waals surface area contributed by atoms with E-state index in [9.17, 15) is 0 Å². The Morgan fingerprint density at radius 2 is 1.22 bits per heavy atom. The maximum absolute atomic E-state index is 5.63. The van der Waals surface area contributed by atoms with E-state index in [4.69, 9.17) is 5.73 Å². The molecule has 0 amide bonds. The lowest BCUT2D eigenvalue weighted by molar-refractivity contribution is 0.515. The highest BCUT2D eigenvalue weighted by atomic mass is 15.0. The van der Waals surface area contributed by atoms with Crippen molar-refractivity contribution in [2.75, 3.05) is 6.67 Å². The molecule has 0 aliphatic carbocycles. The van der Waals surface area contributed by atoms with Crippen LogP contribution in [0.2, 0.25) is 0 Å². The molecule has 0 aliphatic rings. The second-order valence-corrected chi connectivity index (χ2v) is 4.48. The van der Waals surface area contributed by atoms with Gasteiger partial charge in [-0.1, -0.05) is 60.7 Å². The molecule has 0 spiro atoms. The van der Waals surface area contributed by atoms with Crippen LogP contribution in [-0.4, -0.2) is 12.7 Å². The zero-order chi connectivity index (χ0) is 12.6. The fraction of sp³-hybridized carbons (Fsp3) is 0.250. The maximum Gasteiger partial charge on any atom is 0.0431 e. The second kappa shape index (κ2) is 6.94. The molecule has 0 unspecified atom stereocenters. The molecule has 0 saturated heterocycles. The smallest absolute Gasteiger partial charge is 0.0431 e. The van der Waals surface area contributed by atoms with E-state index in [-0.39, 0.29) is 0 Å². The van der Waals surface area contributed by atoms with Crippen LogP contribution < -0.4 is 11.1 Å². The highest BCUT2D eigenvalue weighted by Crippen LogP contribution is 2.08. The Morgan fingerprint density at radius 1 is 0.778 bits per heavy atom. The fourth-order valence-corrected chi connectivity index (χ4v) is 2.18. The Balaban J connectivity index is 2.00. The molecule has 0 aromatic heterocycles. The number of nitrogens with one attached hydrogen (secondary N) is 1. The van der Waals surface area contributed by atoms with Gasteiger partial charge in [-0.25, -0.2) is 0 Å². The van der Waals surface area contributed by atoms with E-state index in [1.54, 1.807) is 0 Å². The molecule has 2 aromatic rings. The van der Waals surface area contributed by atoms with Gasteiger partial charge in [0, 0.05) is 12.7 Å². The van der Waals surface area contributed by atoms with Gasteiger partial charge < -0.3 is 11.1 Å². The summed E-state index contributed by atoms with van der Waals surface area (Å²) in [6, 6.07) is 21.5. The van der Waals surface area contributed by atoms with Gasteiger partial charge in [-0.2, -0.15) is 0 Å². The maximum atomic E-state index is 5.63. The van der Waals surface area contributed by atoms with Crippen molar-refractivity contribution in [1.29, 1.82) is 0 Å². The minimum atomic E-state index is 0.389. The second-order valence-electron chi connectivity index (χ2n) is 4.48. The third-order valence-corrected chi connectivity index (χ3v) is 3.06. The first-order valence-corrected chi connectivity index (χ1v) is 6.40. The first-order valence-electron chi connectivity index (χ1n) is 6.40. The molecule has 0 fully saturated rings. The number of hydrogen-bond acceptors (Lipinski definition) is 2. The Morgan fingerprint density at radius 3 is 1.61 bits per heavy atom. The summed E-state index contributed by atoms with van der Waals surface area (Å²) in [5.74, 6) is 0. The molecule has 0 heterocycles. The Bertz CT molecular complexity index is 398. The van der Waals surface area contributed by atoms with E-state index in [2.05, 4.69) is 53.8 Å². The first kappa shape index (κ1) is 12.8. The lowest BCUT2D eigenvalue weighted by Gasteiger charge is -2.18. The lowest BCUT2D eigenvalue weighted by Crippen LogP contribution is -2.37. The molecule has 94 valence electrons. The molecule has 2 rings (SSSR count). The number of nitrogens with two attached hydrogens (primary N) is 1. The third kappa shape index (κ3) is 3.99. The van der Waals surface area contributed by atoms with Crippen LogP contribution in [0.25, 0.3) is 0 Å². The number of benzene rings is 2. The Kier molecular flexibility index (Phi) is 4.94. The normalized spacial score (nSPS) is 10.8. The van der Waals surface area contributed by atoms with Crippen LogP contribution in [0.1, 0.15) is 11.1 Å². The Hall–Kier alpha value is -1.64. The molecule has 18 heavy (non-hydrogen) atoms. The number of rotatable bonds is 6. The van der Waals surface area contributed by atoms with E-state index < -0.39 is 0 Å². The summed E-state index contributed by atoms with van der Waals surface area (Å²) in [5, 5.41) is 3.36. The van der Waals surface area contributed by atoms with Crippen molar-refractivity contribution in [2.24, 2.45) is 5.73 Å². The Labute approximate surface area is 109 Å². The molecule has 0 saturated carbocycles. The van der Waals surface area contributed by atoms with Gasteiger partial charge in [0.05, 0.1) is 0 Å². The summed E-state index contributed by atoms with van der Waals surface area (Å²) in [5.41, 5.74) is 8.32. The van der Waals surface area contributed by atoms with Crippen LogP contribution in [0, 0.1) is 0 Å². The largest absolute Gasteiger partial charge is 0.318 e. The van der Waals surface area contributed by atoms with Gasteiger partial charge in [-0.15, -0.1) is 0 Å². The van der Waals surface area contributed by atoms with Crippen molar-refractivity contribution >= 4 is 0 Å². The van der Waals surface area contributed by atoms with Crippen molar-refractivity contribution < 1.29 is 0 Å². The topological polar surface area (TPSA) is 38.0 Å². The van der Waals surface area contributed by atoms with Gasteiger partial charge in [0.1, 0.15) is 0 Å². The molecular weight excluding hydrogens is 220 g/mol. The molecule has 2 heteroatoms. The monoisotopic (exact) mass is 240 g/mol. The third-order valence-electron chi connectivity index (χ3n) is 3.06. The van der Waals surface area contributed by atoms with E-state index in [1.165, 1.54) is 11.1 Å². The molecule has 0 radical (unpaired) electrons. The van der Waals surface area contributed by atoms with Gasteiger partial charge in [0.2, 0.25) is 0 Å². The van der Waals surface area contributed by atoms with Crippen molar-refractivity contribution in [3.63, 3.8) is 0 Å². The zero-order valence-corrected chi connectivity index (χ0v) is 10.5. The summed E-state index contributed by atoms with van der Waals surface area (Å²) < 4.78 is 0. The SMILES string of the molecule is NCNC(Cc1ccccc1)Cc1ccccc1. The molecular formula is C16H20N2. The van der Waals surface area contributed by atoms with Crippen molar-refractivity contribution in [1.82, 2.24) is 5.32 Å². The summed E-state index contributed by atoms with van der Waals surface area (Å²) in [6.07, 6.45) is 2.01. The van der Waals surface area contributed by atoms with Gasteiger partial charge in [0.15, 0.2) is 0 Å². The van der Waals surface area contributed by atoms with E-state index in [0.29, 0.717) is 12.7 Å². The van der Waals surface area contributed by atoms with Crippen LogP contribution in [0.4, 0.5) is 0 Å². The molecule has 0 aliphatic heterocycles. The lowest BCUT2D eigenvalue weighted by atomic mass is 9.99. The van der Waals surface area contributed by atoms with Gasteiger partial charge in [-0.3, -0.25) is 0 Å². The van der Waals surface area contributed by atoms with Crippen molar-refractivity contribution in [3.8, 4) is 0 Å². The minimum Gasteiger partial charge on any atom is -0.318 e.